The molecule has 0 radical (unpaired) electrons. The molecule has 0 saturated heterocycles. The van der Waals surface area contributed by atoms with E-state index in [1.54, 1.807) is 0 Å². The van der Waals surface area contributed by atoms with Crippen LogP contribution in [-0.4, -0.2) is 12.1 Å². The van der Waals surface area contributed by atoms with Crippen LogP contribution in [0.25, 0.3) is 0 Å². The van der Waals surface area contributed by atoms with Crippen LogP contribution in [0.5, 0.6) is 0 Å². The van der Waals surface area contributed by atoms with E-state index in [0.29, 0.717) is 17.8 Å². The van der Waals surface area contributed by atoms with Gasteiger partial charge in [-0.3, -0.25) is 0 Å². The topological polar surface area (TPSA) is 58.9 Å². The number of rotatable bonds is 2. The summed E-state index contributed by atoms with van der Waals surface area (Å²) >= 11 is 0. The van der Waals surface area contributed by atoms with Crippen molar-refractivity contribution in [3.8, 4) is 0 Å². The van der Waals surface area contributed by atoms with Gasteiger partial charge in [-0.05, 0) is 86.0 Å². The monoisotopic (exact) mass is 342 g/mol. The number of nitrogens with zero attached hydrogens (tertiary/aromatic N) is 2. The zero-order valence-electron chi connectivity index (χ0n) is 15.7. The molecule has 3 fully saturated rings. The molecule has 0 spiro atoms. The number of hydrogen-bond acceptors (Lipinski definition) is 4. The van der Waals surface area contributed by atoms with Gasteiger partial charge in [0, 0.05) is 0 Å². The summed E-state index contributed by atoms with van der Waals surface area (Å²) in [4.78, 5) is 22.5. The van der Waals surface area contributed by atoms with Gasteiger partial charge in [0.15, 0.2) is 0 Å². The molecule has 25 heavy (non-hydrogen) atoms. The second-order valence-electron chi connectivity index (χ2n) is 9.32. The first-order valence-corrected chi connectivity index (χ1v) is 9.99. The highest BCUT2D eigenvalue weighted by Crippen LogP contribution is 2.66. The maximum absolute atomic E-state index is 11.4. The summed E-state index contributed by atoms with van der Waals surface area (Å²) in [5, 5.41) is 6.82. The molecule has 0 aliphatic heterocycles. The molecule has 0 heterocycles. The van der Waals surface area contributed by atoms with Gasteiger partial charge in [0.25, 0.3) is 0 Å². The summed E-state index contributed by atoms with van der Waals surface area (Å²) in [5.74, 6) is 1.90. The lowest BCUT2D eigenvalue weighted by molar-refractivity contribution is -0.0151. The molecule has 0 bridgehead atoms. The quantitative estimate of drug-likeness (QED) is 0.472. The van der Waals surface area contributed by atoms with Crippen LogP contribution >= 0.6 is 0 Å². The van der Waals surface area contributed by atoms with E-state index in [1.807, 2.05) is 0 Å². The first-order valence-electron chi connectivity index (χ1n) is 9.99. The van der Waals surface area contributed by atoms with Crippen LogP contribution < -0.4 is 0 Å². The van der Waals surface area contributed by atoms with Crippen molar-refractivity contribution in [2.45, 2.75) is 77.8 Å². The Morgan fingerprint density at radius 2 is 1.84 bits per heavy atom. The molecule has 4 nitrogen and oxygen atoms in total. The number of fused-ring (bicyclic) bond motifs is 5. The summed E-state index contributed by atoms with van der Waals surface area (Å²) in [6.45, 7) is 6.88. The molecule has 4 aliphatic carbocycles. The van der Waals surface area contributed by atoms with Crippen LogP contribution in [-0.2, 0) is 0 Å². The SMILES string of the molecule is C/C=C1\C(N=O)CC2C3CC=C4C[C@@H](N=O)CC[C@]4(C)C3CC[C@]12C. The Morgan fingerprint density at radius 1 is 1.08 bits per heavy atom. The first-order chi connectivity index (χ1) is 12.0. The van der Waals surface area contributed by atoms with Crippen molar-refractivity contribution in [3.05, 3.63) is 33.1 Å². The largest absolute Gasteiger partial charge is 0.151 e. The summed E-state index contributed by atoms with van der Waals surface area (Å²) in [5.41, 5.74) is 3.16. The smallest absolute Gasteiger partial charge is 0.114 e. The summed E-state index contributed by atoms with van der Waals surface area (Å²) in [6.07, 6.45) is 11.9. The van der Waals surface area contributed by atoms with Gasteiger partial charge in [0.2, 0.25) is 0 Å². The van der Waals surface area contributed by atoms with Gasteiger partial charge < -0.3 is 0 Å². The van der Waals surface area contributed by atoms with E-state index < -0.39 is 0 Å². The van der Waals surface area contributed by atoms with Crippen molar-refractivity contribution >= 4 is 0 Å². The third-order valence-electron chi connectivity index (χ3n) is 8.55. The lowest BCUT2D eigenvalue weighted by atomic mass is 9.47. The zero-order chi connectivity index (χ0) is 17.8. The molecule has 4 aliphatic rings. The average molecular weight is 342 g/mol. The Hall–Kier alpha value is -1.32. The summed E-state index contributed by atoms with van der Waals surface area (Å²) in [7, 11) is 0. The molecule has 4 heteroatoms. The number of allylic oxidation sites excluding steroid dienone is 2. The highest BCUT2D eigenvalue weighted by atomic mass is 16.3. The molecule has 7 atom stereocenters. The third-order valence-corrected chi connectivity index (χ3v) is 8.55. The minimum absolute atomic E-state index is 0.0190. The Labute approximate surface area is 150 Å². The van der Waals surface area contributed by atoms with Crippen molar-refractivity contribution < 1.29 is 0 Å². The normalized spacial score (nSPS) is 50.4. The maximum atomic E-state index is 11.4. The van der Waals surface area contributed by atoms with Crippen molar-refractivity contribution in [3.63, 3.8) is 0 Å². The highest BCUT2D eigenvalue weighted by molar-refractivity contribution is 5.32. The van der Waals surface area contributed by atoms with Crippen LogP contribution in [0.4, 0.5) is 0 Å². The Kier molecular flexibility index (Phi) is 4.01. The third kappa shape index (κ3) is 2.25. The summed E-state index contributed by atoms with van der Waals surface area (Å²) in [6, 6.07) is -0.138. The summed E-state index contributed by atoms with van der Waals surface area (Å²) < 4.78 is 0. The highest BCUT2D eigenvalue weighted by Gasteiger charge is 2.59. The minimum atomic E-state index is -0.119. The molecule has 3 saturated carbocycles. The lowest BCUT2D eigenvalue weighted by Gasteiger charge is -2.57. The molecule has 0 aromatic heterocycles. The van der Waals surface area contributed by atoms with Gasteiger partial charge in [-0.15, -0.1) is 0 Å². The standard InChI is InChI=1S/C21H30N2O2/c1-4-16-19(23-25)12-18-15-6-5-13-11-14(22-24)7-9-20(13,2)17(15)8-10-21(16,18)3/h4-5,14-15,17-19H,6-12H2,1-3H3/b16-4+/t14-,15?,17?,18?,19?,20-,21+/m0/s1. The fourth-order valence-corrected chi connectivity index (χ4v) is 7.22. The van der Waals surface area contributed by atoms with E-state index in [0.717, 1.165) is 32.1 Å². The predicted octanol–water partition coefficient (Wildman–Crippen LogP) is 5.78. The van der Waals surface area contributed by atoms with Gasteiger partial charge in [0.1, 0.15) is 6.04 Å². The van der Waals surface area contributed by atoms with E-state index in [1.165, 1.54) is 24.0 Å². The van der Waals surface area contributed by atoms with Crippen molar-refractivity contribution in [1.82, 2.24) is 0 Å². The van der Waals surface area contributed by atoms with E-state index in [4.69, 9.17) is 0 Å². The van der Waals surface area contributed by atoms with Crippen LogP contribution in [0.3, 0.4) is 0 Å². The fraction of sp³-hybridized carbons (Fsp3) is 0.810. The van der Waals surface area contributed by atoms with Gasteiger partial charge >= 0.3 is 0 Å². The molecule has 4 rings (SSSR count). The van der Waals surface area contributed by atoms with E-state index in [2.05, 4.69) is 43.3 Å². The van der Waals surface area contributed by atoms with Crippen molar-refractivity contribution in [2.75, 3.05) is 0 Å². The van der Waals surface area contributed by atoms with Crippen LogP contribution in [0, 0.1) is 38.4 Å². The number of hydrogen-bond donors (Lipinski definition) is 0. The second-order valence-corrected chi connectivity index (χ2v) is 9.32. The molecular weight excluding hydrogens is 312 g/mol. The molecule has 0 aromatic carbocycles. The molecule has 0 aromatic rings. The van der Waals surface area contributed by atoms with Gasteiger partial charge in [-0.1, -0.05) is 41.9 Å². The maximum Gasteiger partial charge on any atom is 0.114 e. The number of nitroso groups, excluding NO2 is 2. The lowest BCUT2D eigenvalue weighted by Crippen LogP contribution is -2.49. The van der Waals surface area contributed by atoms with E-state index in [9.17, 15) is 9.81 Å². The predicted molar refractivity (Wildman–Crippen MR) is 100 cm³/mol. The van der Waals surface area contributed by atoms with Crippen LogP contribution in [0.2, 0.25) is 0 Å². The zero-order valence-corrected chi connectivity index (χ0v) is 15.7. The molecule has 136 valence electrons. The Bertz CT molecular complexity index is 654. The first kappa shape index (κ1) is 17.1. The average Bonchev–Trinajstić information content (AvgIpc) is 2.92. The van der Waals surface area contributed by atoms with E-state index in [-0.39, 0.29) is 22.9 Å². The molecule has 0 amide bonds. The van der Waals surface area contributed by atoms with Crippen LogP contribution in [0.15, 0.2) is 33.7 Å². The van der Waals surface area contributed by atoms with E-state index >= 15 is 0 Å². The van der Waals surface area contributed by atoms with Crippen molar-refractivity contribution in [1.29, 1.82) is 0 Å². The Balaban J connectivity index is 1.69. The molecular formula is C21H30N2O2. The second kappa shape index (κ2) is 5.85. The van der Waals surface area contributed by atoms with Gasteiger partial charge in [-0.2, -0.15) is 9.81 Å². The molecule has 0 N–H and O–H groups in total. The molecule has 4 unspecified atom stereocenters. The van der Waals surface area contributed by atoms with Crippen LogP contribution in [0.1, 0.15) is 65.7 Å². The van der Waals surface area contributed by atoms with Crippen molar-refractivity contribution in [2.24, 2.45) is 38.9 Å². The Morgan fingerprint density at radius 3 is 2.52 bits per heavy atom. The minimum Gasteiger partial charge on any atom is -0.151 e. The van der Waals surface area contributed by atoms with Gasteiger partial charge in [0.05, 0.1) is 6.04 Å². The van der Waals surface area contributed by atoms with Gasteiger partial charge in [-0.25, -0.2) is 0 Å². The fourth-order valence-electron chi connectivity index (χ4n) is 7.22.